The van der Waals surface area contributed by atoms with Crippen LogP contribution in [-0.2, 0) is 14.3 Å². The number of benzene rings is 2. The number of carboxylic acids is 1. The van der Waals surface area contributed by atoms with Crippen molar-refractivity contribution in [2.45, 2.75) is 31.7 Å². The lowest BCUT2D eigenvalue weighted by Crippen LogP contribution is -2.37. The molecular weight excluding hydrogens is 428 g/mol. The molecule has 1 unspecified atom stereocenters. The molecule has 0 saturated carbocycles. The van der Waals surface area contributed by atoms with Crippen molar-refractivity contribution in [3.8, 4) is 11.1 Å². The molecule has 1 atom stereocenters. The first-order valence-electron chi connectivity index (χ1n) is 10.7. The summed E-state index contributed by atoms with van der Waals surface area (Å²) < 4.78 is 5.48. The molecule has 0 spiro atoms. The van der Waals surface area contributed by atoms with E-state index >= 15 is 0 Å². The highest BCUT2D eigenvalue weighted by Crippen LogP contribution is 2.44. The molecule has 32 heavy (non-hydrogen) atoms. The molecule has 8 heteroatoms. The quantitative estimate of drug-likeness (QED) is 0.446. The SMILES string of the molecule is CCC(CC(=O)O)NC(=O)CSCCNC(=O)OCC1c2ccccc2-c2ccccc21. The Hall–Kier alpha value is -3.00. The van der Waals surface area contributed by atoms with Gasteiger partial charge in [0.2, 0.25) is 5.91 Å². The van der Waals surface area contributed by atoms with Crippen molar-refractivity contribution in [1.29, 1.82) is 0 Å². The Morgan fingerprint density at radius 2 is 1.69 bits per heavy atom. The maximum atomic E-state index is 12.1. The van der Waals surface area contributed by atoms with Crippen molar-refractivity contribution in [3.05, 3.63) is 59.7 Å². The van der Waals surface area contributed by atoms with Crippen LogP contribution in [0.3, 0.4) is 0 Å². The molecule has 2 amide bonds. The Kier molecular flexibility index (Phi) is 8.56. The second kappa shape index (κ2) is 11.6. The number of rotatable bonds is 11. The first-order valence-corrected chi connectivity index (χ1v) is 11.8. The molecule has 0 fully saturated rings. The van der Waals surface area contributed by atoms with Crippen molar-refractivity contribution < 1.29 is 24.2 Å². The monoisotopic (exact) mass is 456 g/mol. The molecule has 1 aliphatic carbocycles. The van der Waals surface area contributed by atoms with Crippen LogP contribution in [0.4, 0.5) is 4.79 Å². The van der Waals surface area contributed by atoms with Gasteiger partial charge in [0.25, 0.3) is 0 Å². The summed E-state index contributed by atoms with van der Waals surface area (Å²) in [6.45, 7) is 2.47. The Balaban J connectivity index is 1.37. The second-order valence-electron chi connectivity index (χ2n) is 7.58. The fourth-order valence-corrected chi connectivity index (χ4v) is 4.48. The van der Waals surface area contributed by atoms with Crippen molar-refractivity contribution in [1.82, 2.24) is 10.6 Å². The lowest BCUT2D eigenvalue weighted by atomic mass is 9.98. The maximum Gasteiger partial charge on any atom is 0.407 e. The average molecular weight is 457 g/mol. The minimum atomic E-state index is -0.933. The van der Waals surface area contributed by atoms with Crippen LogP contribution in [0.2, 0.25) is 0 Å². The van der Waals surface area contributed by atoms with E-state index in [1.807, 2.05) is 31.2 Å². The number of carbonyl (C=O) groups is 3. The minimum Gasteiger partial charge on any atom is -0.481 e. The third-order valence-corrected chi connectivity index (χ3v) is 6.33. The zero-order chi connectivity index (χ0) is 22.9. The minimum absolute atomic E-state index is 0.0172. The van der Waals surface area contributed by atoms with Gasteiger partial charge in [-0.2, -0.15) is 11.8 Å². The summed E-state index contributed by atoms with van der Waals surface area (Å²) in [6, 6.07) is 16.0. The van der Waals surface area contributed by atoms with Gasteiger partial charge in [-0.05, 0) is 28.7 Å². The van der Waals surface area contributed by atoms with Gasteiger partial charge in [0.1, 0.15) is 6.61 Å². The molecule has 3 N–H and O–H groups in total. The van der Waals surface area contributed by atoms with Crippen LogP contribution >= 0.6 is 11.8 Å². The fourth-order valence-electron chi connectivity index (χ4n) is 3.82. The highest BCUT2D eigenvalue weighted by Gasteiger charge is 2.28. The summed E-state index contributed by atoms with van der Waals surface area (Å²) in [6.07, 6.45) is -0.00752. The molecule has 0 bridgehead atoms. The number of amides is 2. The van der Waals surface area contributed by atoms with Crippen LogP contribution in [0.15, 0.2) is 48.5 Å². The number of aliphatic carboxylic acids is 1. The van der Waals surface area contributed by atoms with E-state index in [0.29, 0.717) is 18.7 Å². The lowest BCUT2D eigenvalue weighted by Gasteiger charge is -2.15. The normalized spacial score (nSPS) is 13.0. The molecule has 0 radical (unpaired) electrons. The molecule has 7 nitrogen and oxygen atoms in total. The van der Waals surface area contributed by atoms with Crippen LogP contribution in [0, 0.1) is 0 Å². The van der Waals surface area contributed by atoms with Crippen molar-refractivity contribution in [2.75, 3.05) is 24.7 Å². The third-order valence-electron chi connectivity index (χ3n) is 5.37. The topological polar surface area (TPSA) is 105 Å². The van der Waals surface area contributed by atoms with Gasteiger partial charge in [0.15, 0.2) is 0 Å². The van der Waals surface area contributed by atoms with Crippen LogP contribution in [0.25, 0.3) is 11.1 Å². The Bertz CT molecular complexity index is 919. The number of carbonyl (C=O) groups excluding carboxylic acids is 2. The largest absolute Gasteiger partial charge is 0.481 e. The van der Waals surface area contributed by atoms with Crippen LogP contribution < -0.4 is 10.6 Å². The van der Waals surface area contributed by atoms with E-state index in [0.717, 1.165) is 11.1 Å². The zero-order valence-corrected chi connectivity index (χ0v) is 18.8. The maximum absolute atomic E-state index is 12.1. The average Bonchev–Trinajstić information content (AvgIpc) is 3.10. The summed E-state index contributed by atoms with van der Waals surface area (Å²) in [7, 11) is 0. The number of alkyl carbamates (subject to hydrolysis) is 1. The summed E-state index contributed by atoms with van der Waals surface area (Å²) in [5.74, 6) is -0.361. The second-order valence-corrected chi connectivity index (χ2v) is 8.68. The number of thioether (sulfide) groups is 1. The molecule has 170 valence electrons. The Labute approximate surface area is 191 Å². The van der Waals surface area contributed by atoms with Crippen LogP contribution in [0.1, 0.15) is 36.8 Å². The van der Waals surface area contributed by atoms with E-state index in [2.05, 4.69) is 34.9 Å². The van der Waals surface area contributed by atoms with Crippen LogP contribution in [-0.4, -0.2) is 53.8 Å². The number of hydrogen-bond acceptors (Lipinski definition) is 5. The highest BCUT2D eigenvalue weighted by atomic mass is 32.2. The lowest BCUT2D eigenvalue weighted by molar-refractivity contribution is -0.137. The van der Waals surface area contributed by atoms with E-state index in [1.165, 1.54) is 22.9 Å². The molecule has 3 rings (SSSR count). The zero-order valence-electron chi connectivity index (χ0n) is 18.0. The van der Waals surface area contributed by atoms with Gasteiger partial charge >= 0.3 is 12.1 Å². The number of fused-ring (bicyclic) bond motifs is 3. The predicted molar refractivity (Wildman–Crippen MR) is 125 cm³/mol. The molecule has 1 aliphatic rings. The van der Waals surface area contributed by atoms with E-state index < -0.39 is 12.1 Å². The standard InChI is InChI=1S/C24H28N2O5S/c1-2-16(13-23(28)29)26-22(27)15-32-12-11-25-24(30)31-14-21-19-9-5-3-7-17(19)18-8-4-6-10-20(18)21/h3-10,16,21H,2,11-15H2,1H3,(H,25,30)(H,26,27)(H,28,29). The predicted octanol–water partition coefficient (Wildman–Crippen LogP) is 3.63. The molecule has 0 aromatic heterocycles. The van der Waals surface area contributed by atoms with Gasteiger partial charge in [0, 0.05) is 24.3 Å². The number of hydrogen-bond donors (Lipinski definition) is 3. The number of carboxylic acid groups (broad SMARTS) is 1. The Morgan fingerprint density at radius 3 is 2.28 bits per heavy atom. The van der Waals surface area contributed by atoms with Crippen molar-refractivity contribution >= 4 is 29.7 Å². The van der Waals surface area contributed by atoms with Gasteiger partial charge < -0.3 is 20.5 Å². The van der Waals surface area contributed by atoms with Gasteiger partial charge in [0.05, 0.1) is 12.2 Å². The highest BCUT2D eigenvalue weighted by molar-refractivity contribution is 7.99. The van der Waals surface area contributed by atoms with Crippen LogP contribution in [0.5, 0.6) is 0 Å². The number of nitrogens with one attached hydrogen (secondary N) is 2. The van der Waals surface area contributed by atoms with Gasteiger partial charge in [-0.15, -0.1) is 0 Å². The summed E-state index contributed by atoms with van der Waals surface area (Å²) >= 11 is 1.37. The third kappa shape index (κ3) is 6.26. The molecule has 2 aromatic rings. The number of ether oxygens (including phenoxy) is 1. The van der Waals surface area contributed by atoms with Gasteiger partial charge in [-0.3, -0.25) is 9.59 Å². The van der Waals surface area contributed by atoms with Gasteiger partial charge in [-0.1, -0.05) is 55.5 Å². The van der Waals surface area contributed by atoms with E-state index in [1.54, 1.807) is 0 Å². The summed E-state index contributed by atoms with van der Waals surface area (Å²) in [4.78, 5) is 34.8. The summed E-state index contributed by atoms with van der Waals surface area (Å²) in [5.41, 5.74) is 4.69. The van der Waals surface area contributed by atoms with E-state index in [9.17, 15) is 14.4 Å². The first-order chi connectivity index (χ1) is 15.5. The molecular formula is C24H28N2O5S. The van der Waals surface area contributed by atoms with Crippen molar-refractivity contribution in [3.63, 3.8) is 0 Å². The van der Waals surface area contributed by atoms with E-state index in [4.69, 9.17) is 9.84 Å². The molecule has 0 heterocycles. The first kappa shape index (κ1) is 23.7. The van der Waals surface area contributed by atoms with Gasteiger partial charge in [-0.25, -0.2) is 4.79 Å². The molecule has 0 aliphatic heterocycles. The molecule has 0 saturated heterocycles. The Morgan fingerprint density at radius 1 is 1.06 bits per heavy atom. The van der Waals surface area contributed by atoms with E-state index in [-0.39, 0.29) is 36.6 Å². The summed E-state index contributed by atoms with van der Waals surface area (Å²) in [5, 5.41) is 14.3. The smallest absolute Gasteiger partial charge is 0.407 e. The van der Waals surface area contributed by atoms with Crippen molar-refractivity contribution in [2.24, 2.45) is 0 Å². The fraction of sp³-hybridized carbons (Fsp3) is 0.375. The molecule has 2 aromatic carbocycles.